The SMILES string of the molecule is CCOC1=NC2c3c(C)cc(-c4ccc5c(c4)OCO5)nc3SC2C(N2CCNCC2)=N1. The monoisotopic (exact) mass is 451 g/mol. The Kier molecular flexibility index (Phi) is 4.95. The Bertz CT molecular complexity index is 1130. The van der Waals surface area contributed by atoms with Crippen LogP contribution in [-0.2, 0) is 4.74 Å². The van der Waals surface area contributed by atoms with Gasteiger partial charge in [-0.25, -0.2) is 9.98 Å². The fourth-order valence-electron chi connectivity index (χ4n) is 4.62. The molecule has 0 aliphatic carbocycles. The number of aromatic nitrogens is 1. The first kappa shape index (κ1) is 19.9. The predicted molar refractivity (Wildman–Crippen MR) is 124 cm³/mol. The van der Waals surface area contributed by atoms with Crippen LogP contribution in [0.15, 0.2) is 39.3 Å². The fourth-order valence-corrected chi connectivity index (χ4v) is 6.06. The van der Waals surface area contributed by atoms with Gasteiger partial charge in [0.05, 0.1) is 17.6 Å². The van der Waals surface area contributed by atoms with Gasteiger partial charge in [0.1, 0.15) is 16.9 Å². The van der Waals surface area contributed by atoms with Gasteiger partial charge in [-0.3, -0.25) is 0 Å². The second-order valence-electron chi connectivity index (χ2n) is 8.15. The molecular formula is C23H25N5O3S. The number of pyridine rings is 1. The molecule has 8 nitrogen and oxygen atoms in total. The van der Waals surface area contributed by atoms with E-state index in [9.17, 15) is 0 Å². The summed E-state index contributed by atoms with van der Waals surface area (Å²) in [6.45, 7) is 8.72. The minimum atomic E-state index is -0.0303. The van der Waals surface area contributed by atoms with Gasteiger partial charge >= 0.3 is 6.02 Å². The van der Waals surface area contributed by atoms with E-state index in [1.165, 1.54) is 11.1 Å². The normalized spacial score (nSPS) is 23.4. The van der Waals surface area contributed by atoms with E-state index in [1.807, 2.05) is 25.1 Å². The van der Waals surface area contributed by atoms with E-state index in [-0.39, 0.29) is 18.1 Å². The van der Waals surface area contributed by atoms with Crippen LogP contribution in [0.2, 0.25) is 0 Å². The number of benzene rings is 1. The molecule has 1 saturated heterocycles. The molecule has 2 unspecified atom stereocenters. The average molecular weight is 452 g/mol. The molecule has 1 N–H and O–H groups in total. The molecule has 2 aromatic rings. The maximum absolute atomic E-state index is 5.77. The summed E-state index contributed by atoms with van der Waals surface area (Å²) in [5, 5.41) is 4.56. The number of hydrogen-bond donors (Lipinski definition) is 1. The molecule has 0 saturated carbocycles. The van der Waals surface area contributed by atoms with Gasteiger partial charge in [-0.1, -0.05) is 11.8 Å². The maximum atomic E-state index is 5.77. The van der Waals surface area contributed by atoms with E-state index >= 15 is 0 Å². The van der Waals surface area contributed by atoms with E-state index in [0.29, 0.717) is 12.6 Å². The zero-order chi connectivity index (χ0) is 21.7. The first-order valence-electron chi connectivity index (χ1n) is 11.0. The number of hydrogen-bond acceptors (Lipinski definition) is 9. The highest BCUT2D eigenvalue weighted by Crippen LogP contribution is 2.50. The lowest BCUT2D eigenvalue weighted by molar-refractivity contribution is 0.174. The van der Waals surface area contributed by atoms with Crippen molar-refractivity contribution in [2.24, 2.45) is 9.98 Å². The highest BCUT2D eigenvalue weighted by atomic mass is 32.2. The van der Waals surface area contributed by atoms with Crippen molar-refractivity contribution in [3.8, 4) is 22.8 Å². The quantitative estimate of drug-likeness (QED) is 0.752. The minimum Gasteiger partial charge on any atom is -0.464 e. The smallest absolute Gasteiger partial charge is 0.314 e. The van der Waals surface area contributed by atoms with Crippen LogP contribution >= 0.6 is 11.8 Å². The number of fused-ring (bicyclic) bond motifs is 4. The number of rotatable bonds is 2. The third kappa shape index (κ3) is 3.31. The van der Waals surface area contributed by atoms with Crippen LogP contribution in [0.1, 0.15) is 24.1 Å². The first-order valence-corrected chi connectivity index (χ1v) is 11.9. The summed E-state index contributed by atoms with van der Waals surface area (Å²) in [7, 11) is 0. The number of thioether (sulfide) groups is 1. The Hall–Kier alpha value is -2.78. The van der Waals surface area contributed by atoms with Gasteiger partial charge in [0.15, 0.2) is 11.5 Å². The Morgan fingerprint density at radius 1 is 1.19 bits per heavy atom. The summed E-state index contributed by atoms with van der Waals surface area (Å²) in [6, 6.07) is 8.58. The van der Waals surface area contributed by atoms with Crippen molar-refractivity contribution in [2.75, 3.05) is 39.6 Å². The summed E-state index contributed by atoms with van der Waals surface area (Å²) in [5.41, 5.74) is 4.32. The van der Waals surface area contributed by atoms with Crippen molar-refractivity contribution < 1.29 is 14.2 Å². The second-order valence-corrected chi connectivity index (χ2v) is 9.28. The number of ether oxygens (including phenoxy) is 3. The Balaban J connectivity index is 1.38. The van der Waals surface area contributed by atoms with Crippen LogP contribution in [0.25, 0.3) is 11.3 Å². The second kappa shape index (κ2) is 7.97. The number of nitrogens with one attached hydrogen (secondary N) is 1. The van der Waals surface area contributed by atoms with Crippen molar-refractivity contribution in [1.82, 2.24) is 15.2 Å². The highest BCUT2D eigenvalue weighted by Gasteiger charge is 2.44. The fraction of sp³-hybridized carbons (Fsp3) is 0.435. The van der Waals surface area contributed by atoms with Gasteiger partial charge in [0.25, 0.3) is 0 Å². The molecule has 6 rings (SSSR count). The van der Waals surface area contributed by atoms with Crippen molar-refractivity contribution >= 4 is 23.6 Å². The summed E-state index contributed by atoms with van der Waals surface area (Å²) >= 11 is 1.77. The lowest BCUT2D eigenvalue weighted by Crippen LogP contribution is -2.50. The van der Waals surface area contributed by atoms with Crippen LogP contribution in [-0.4, -0.2) is 66.6 Å². The molecule has 4 aliphatic rings. The largest absolute Gasteiger partial charge is 0.464 e. The number of nitrogens with zero attached hydrogens (tertiary/aromatic N) is 4. The van der Waals surface area contributed by atoms with Gasteiger partial charge < -0.3 is 24.4 Å². The van der Waals surface area contributed by atoms with Crippen LogP contribution in [0, 0.1) is 6.92 Å². The minimum absolute atomic E-state index is 0.0303. The van der Waals surface area contributed by atoms with Crippen LogP contribution in [0.3, 0.4) is 0 Å². The lowest BCUT2D eigenvalue weighted by Gasteiger charge is -2.35. The molecule has 0 bridgehead atoms. The van der Waals surface area contributed by atoms with Crippen molar-refractivity contribution in [2.45, 2.75) is 30.2 Å². The molecule has 1 fully saturated rings. The van der Waals surface area contributed by atoms with Crippen LogP contribution in [0.4, 0.5) is 0 Å². The standard InChI is InChI=1S/C23H25N5O3S/c1-3-29-23-26-19-18-13(2)10-15(14-4-5-16-17(11-14)31-12-30-16)25-22(18)32-20(19)21(27-23)28-8-6-24-7-9-28/h4-5,10-11,19-20,24H,3,6-9,12H2,1-2H3. The Morgan fingerprint density at radius 3 is 2.88 bits per heavy atom. The third-order valence-electron chi connectivity index (χ3n) is 6.15. The molecule has 4 aliphatic heterocycles. The number of aliphatic imine (C=N–C) groups is 2. The third-order valence-corrected chi connectivity index (χ3v) is 7.41. The van der Waals surface area contributed by atoms with Crippen LogP contribution < -0.4 is 14.8 Å². The zero-order valence-electron chi connectivity index (χ0n) is 18.1. The topological polar surface area (TPSA) is 80.6 Å². The molecule has 9 heteroatoms. The Morgan fingerprint density at radius 2 is 2.03 bits per heavy atom. The molecule has 5 heterocycles. The molecule has 32 heavy (non-hydrogen) atoms. The van der Waals surface area contributed by atoms with Gasteiger partial charge in [-0.15, -0.1) is 0 Å². The van der Waals surface area contributed by atoms with Crippen LogP contribution in [0.5, 0.6) is 11.5 Å². The molecule has 1 aromatic heterocycles. The van der Waals surface area contributed by atoms with Crippen molar-refractivity contribution in [3.63, 3.8) is 0 Å². The van der Waals surface area contributed by atoms with E-state index in [0.717, 1.165) is 59.8 Å². The maximum Gasteiger partial charge on any atom is 0.314 e. The summed E-state index contributed by atoms with van der Waals surface area (Å²) in [5.74, 6) is 2.60. The molecule has 1 aromatic carbocycles. The molecule has 0 amide bonds. The van der Waals surface area contributed by atoms with Crippen molar-refractivity contribution in [1.29, 1.82) is 0 Å². The molecule has 0 radical (unpaired) electrons. The van der Waals surface area contributed by atoms with Gasteiger partial charge in [0, 0.05) is 37.3 Å². The molecule has 0 spiro atoms. The van der Waals surface area contributed by atoms with E-state index in [2.05, 4.69) is 23.2 Å². The molecular weight excluding hydrogens is 426 g/mol. The molecule has 2 atom stereocenters. The zero-order valence-corrected chi connectivity index (χ0v) is 18.9. The summed E-state index contributed by atoms with van der Waals surface area (Å²) < 4.78 is 16.8. The van der Waals surface area contributed by atoms with E-state index < -0.39 is 0 Å². The van der Waals surface area contributed by atoms with Gasteiger partial charge in [0.2, 0.25) is 6.79 Å². The lowest BCUT2D eigenvalue weighted by atomic mass is 9.98. The average Bonchev–Trinajstić information content (AvgIpc) is 3.43. The van der Waals surface area contributed by atoms with E-state index in [1.54, 1.807) is 11.8 Å². The van der Waals surface area contributed by atoms with E-state index in [4.69, 9.17) is 29.2 Å². The summed E-state index contributed by atoms with van der Waals surface area (Å²) in [4.78, 5) is 17.2. The predicted octanol–water partition coefficient (Wildman–Crippen LogP) is 3.01. The summed E-state index contributed by atoms with van der Waals surface area (Å²) in [6.07, 6.45) is 0. The van der Waals surface area contributed by atoms with Gasteiger partial charge in [-0.2, -0.15) is 4.99 Å². The number of piperazine rings is 1. The van der Waals surface area contributed by atoms with Gasteiger partial charge in [-0.05, 0) is 43.7 Å². The molecule has 166 valence electrons. The number of aryl methyl sites for hydroxylation is 1. The highest BCUT2D eigenvalue weighted by molar-refractivity contribution is 8.01. The number of amidine groups is 2. The Labute approximate surface area is 191 Å². The first-order chi connectivity index (χ1) is 15.7. The van der Waals surface area contributed by atoms with Crippen molar-refractivity contribution in [3.05, 3.63) is 35.4 Å².